The lowest BCUT2D eigenvalue weighted by atomic mass is 10.1. The Labute approximate surface area is 186 Å². The molecule has 1 aromatic heterocycles. The summed E-state index contributed by atoms with van der Waals surface area (Å²) in [5.74, 6) is 0.604. The van der Waals surface area contributed by atoms with Crippen LogP contribution in [0.3, 0.4) is 0 Å². The molecule has 158 valence electrons. The summed E-state index contributed by atoms with van der Waals surface area (Å²) in [5, 5.41) is 3.34. The van der Waals surface area contributed by atoms with Gasteiger partial charge in [0.15, 0.2) is 0 Å². The molecule has 6 nitrogen and oxygen atoms in total. The third-order valence-electron chi connectivity index (χ3n) is 5.31. The summed E-state index contributed by atoms with van der Waals surface area (Å²) in [7, 11) is 0. The van der Waals surface area contributed by atoms with E-state index >= 15 is 0 Å². The number of nitrogens with one attached hydrogen (secondary N) is 1. The van der Waals surface area contributed by atoms with Crippen molar-refractivity contribution in [2.45, 2.75) is 6.92 Å². The van der Waals surface area contributed by atoms with E-state index in [0.717, 1.165) is 11.4 Å². The molecular weight excluding hydrogens is 412 g/mol. The van der Waals surface area contributed by atoms with Crippen LogP contribution in [0.5, 0.6) is 0 Å². The zero-order valence-corrected chi connectivity index (χ0v) is 18.0. The maximum absolute atomic E-state index is 12.7. The number of carbonyl (C=O) groups excluding carboxylic acids is 2. The van der Waals surface area contributed by atoms with Crippen molar-refractivity contribution < 1.29 is 9.59 Å². The van der Waals surface area contributed by atoms with E-state index in [4.69, 9.17) is 11.6 Å². The average molecular weight is 435 g/mol. The molecule has 0 atom stereocenters. The first kappa shape index (κ1) is 20.9. The molecule has 7 heteroatoms. The van der Waals surface area contributed by atoms with Crippen molar-refractivity contribution in [1.82, 2.24) is 9.88 Å². The van der Waals surface area contributed by atoms with Crippen LogP contribution in [0.15, 0.2) is 66.9 Å². The highest BCUT2D eigenvalue weighted by Gasteiger charge is 2.24. The Bertz CT molecular complexity index is 1080. The third-order valence-corrected chi connectivity index (χ3v) is 5.64. The molecule has 2 heterocycles. The van der Waals surface area contributed by atoms with Gasteiger partial charge in [-0.2, -0.15) is 0 Å². The van der Waals surface area contributed by atoms with Crippen LogP contribution in [0.2, 0.25) is 5.02 Å². The summed E-state index contributed by atoms with van der Waals surface area (Å²) in [6.07, 6.45) is 1.66. The summed E-state index contributed by atoms with van der Waals surface area (Å²) in [6, 6.07) is 18.3. The molecule has 0 aliphatic carbocycles. The third kappa shape index (κ3) is 4.86. The monoisotopic (exact) mass is 434 g/mol. The molecule has 2 amide bonds. The van der Waals surface area contributed by atoms with E-state index < -0.39 is 0 Å². The molecule has 31 heavy (non-hydrogen) atoms. The van der Waals surface area contributed by atoms with Crippen molar-refractivity contribution in [2.75, 3.05) is 36.4 Å². The van der Waals surface area contributed by atoms with Gasteiger partial charge in [-0.15, -0.1) is 0 Å². The molecule has 3 aromatic rings. The predicted octanol–water partition coefficient (Wildman–Crippen LogP) is 4.26. The minimum absolute atomic E-state index is 0.0487. The van der Waals surface area contributed by atoms with E-state index in [2.05, 4.69) is 15.2 Å². The molecule has 1 aliphatic heterocycles. The number of rotatable bonds is 4. The highest BCUT2D eigenvalue weighted by atomic mass is 35.5. The second-order valence-corrected chi connectivity index (χ2v) is 7.89. The zero-order valence-electron chi connectivity index (χ0n) is 17.2. The predicted molar refractivity (Wildman–Crippen MR) is 123 cm³/mol. The van der Waals surface area contributed by atoms with E-state index in [1.165, 1.54) is 0 Å². The van der Waals surface area contributed by atoms with Crippen molar-refractivity contribution in [3.63, 3.8) is 0 Å². The number of hydrogen-bond donors (Lipinski definition) is 1. The second-order valence-electron chi connectivity index (χ2n) is 7.48. The maximum Gasteiger partial charge on any atom is 0.255 e. The molecule has 1 N–H and O–H groups in total. The fourth-order valence-electron chi connectivity index (χ4n) is 3.50. The van der Waals surface area contributed by atoms with Crippen LogP contribution in [-0.4, -0.2) is 47.9 Å². The van der Waals surface area contributed by atoms with Crippen molar-refractivity contribution in [3.8, 4) is 0 Å². The Morgan fingerprint density at radius 3 is 2.29 bits per heavy atom. The van der Waals surface area contributed by atoms with Crippen molar-refractivity contribution in [2.24, 2.45) is 0 Å². The molecule has 1 fully saturated rings. The van der Waals surface area contributed by atoms with Crippen LogP contribution in [0.25, 0.3) is 0 Å². The van der Waals surface area contributed by atoms with Crippen LogP contribution < -0.4 is 10.2 Å². The van der Waals surface area contributed by atoms with Gasteiger partial charge in [-0.3, -0.25) is 9.59 Å². The minimum Gasteiger partial charge on any atom is -0.353 e. The normalized spacial score (nSPS) is 13.7. The highest BCUT2D eigenvalue weighted by Crippen LogP contribution is 2.20. The van der Waals surface area contributed by atoms with Crippen LogP contribution >= 0.6 is 11.6 Å². The van der Waals surface area contributed by atoms with Gasteiger partial charge < -0.3 is 15.1 Å². The Hall–Kier alpha value is -3.38. The summed E-state index contributed by atoms with van der Waals surface area (Å²) < 4.78 is 0. The lowest BCUT2D eigenvalue weighted by molar-refractivity contribution is 0.0746. The van der Waals surface area contributed by atoms with Crippen LogP contribution in [0.1, 0.15) is 26.3 Å². The number of hydrogen-bond acceptors (Lipinski definition) is 4. The Morgan fingerprint density at radius 1 is 0.935 bits per heavy atom. The van der Waals surface area contributed by atoms with Gasteiger partial charge in [0.1, 0.15) is 5.82 Å². The molecule has 0 radical (unpaired) electrons. The number of amides is 2. The van der Waals surface area contributed by atoms with E-state index in [-0.39, 0.29) is 11.8 Å². The lowest BCUT2D eigenvalue weighted by Crippen LogP contribution is -2.49. The fourth-order valence-corrected chi connectivity index (χ4v) is 3.72. The molecule has 0 spiro atoms. The summed E-state index contributed by atoms with van der Waals surface area (Å²) in [5.41, 5.74) is 2.89. The number of anilines is 2. The van der Waals surface area contributed by atoms with Crippen molar-refractivity contribution in [1.29, 1.82) is 0 Å². The Morgan fingerprint density at radius 2 is 1.65 bits per heavy atom. The van der Waals surface area contributed by atoms with Gasteiger partial charge in [0.05, 0.1) is 22.5 Å². The smallest absolute Gasteiger partial charge is 0.255 e. The zero-order chi connectivity index (χ0) is 21.8. The molecule has 1 saturated heterocycles. The quantitative estimate of drug-likeness (QED) is 0.666. The van der Waals surface area contributed by atoms with Crippen molar-refractivity contribution >= 4 is 34.9 Å². The lowest BCUT2D eigenvalue weighted by Gasteiger charge is -2.35. The number of halogens is 1. The largest absolute Gasteiger partial charge is 0.353 e. The number of aryl methyl sites for hydroxylation is 1. The summed E-state index contributed by atoms with van der Waals surface area (Å²) in [6.45, 7) is 4.53. The van der Waals surface area contributed by atoms with Gasteiger partial charge in [0, 0.05) is 31.7 Å². The number of aromatic nitrogens is 1. The first-order valence-corrected chi connectivity index (χ1v) is 10.5. The Kier molecular flexibility index (Phi) is 6.18. The summed E-state index contributed by atoms with van der Waals surface area (Å²) >= 11 is 6.16. The molecule has 2 aromatic carbocycles. The second kappa shape index (κ2) is 9.18. The molecule has 0 unspecified atom stereocenters. The first-order valence-electron chi connectivity index (χ1n) is 10.1. The van der Waals surface area contributed by atoms with Gasteiger partial charge in [-0.05, 0) is 43.3 Å². The van der Waals surface area contributed by atoms with E-state index in [1.807, 2.05) is 48.2 Å². The van der Waals surface area contributed by atoms with Gasteiger partial charge in [0.25, 0.3) is 11.8 Å². The standard InChI is InChI=1S/C24H23ClN4O2/c1-17-6-8-18(9-7-17)23(30)27-19-10-11-22(26-16-19)28-12-14-29(15-13-28)24(31)20-4-2-3-5-21(20)25/h2-11,16H,12-15H2,1H3,(H,27,30). The average Bonchev–Trinajstić information content (AvgIpc) is 2.80. The van der Waals surface area contributed by atoms with Gasteiger partial charge in [0.2, 0.25) is 0 Å². The first-order chi connectivity index (χ1) is 15.0. The molecule has 0 saturated carbocycles. The van der Waals surface area contributed by atoms with Crippen molar-refractivity contribution in [3.05, 3.63) is 88.6 Å². The summed E-state index contributed by atoms with van der Waals surface area (Å²) in [4.78, 5) is 33.5. The molecule has 0 bridgehead atoms. The van der Waals surface area contributed by atoms with Gasteiger partial charge in [-0.25, -0.2) is 4.98 Å². The number of pyridine rings is 1. The highest BCUT2D eigenvalue weighted by molar-refractivity contribution is 6.33. The molecule has 4 rings (SSSR count). The minimum atomic E-state index is -0.166. The van der Waals surface area contributed by atoms with Gasteiger partial charge >= 0.3 is 0 Å². The van der Waals surface area contributed by atoms with Gasteiger partial charge in [-0.1, -0.05) is 41.4 Å². The van der Waals surface area contributed by atoms with Crippen LogP contribution in [0.4, 0.5) is 11.5 Å². The van der Waals surface area contributed by atoms with Crippen LogP contribution in [-0.2, 0) is 0 Å². The van der Waals surface area contributed by atoms with E-state index in [1.54, 1.807) is 30.5 Å². The van der Waals surface area contributed by atoms with Crippen LogP contribution in [0, 0.1) is 6.92 Å². The molecule has 1 aliphatic rings. The number of benzene rings is 2. The SMILES string of the molecule is Cc1ccc(C(=O)Nc2ccc(N3CCN(C(=O)c4ccccc4Cl)CC3)nc2)cc1. The topological polar surface area (TPSA) is 65.5 Å². The number of nitrogens with zero attached hydrogens (tertiary/aromatic N) is 3. The number of carbonyl (C=O) groups is 2. The van der Waals surface area contributed by atoms with E-state index in [0.29, 0.717) is 48.0 Å². The molecular formula is C24H23ClN4O2. The number of piperazine rings is 1. The van der Waals surface area contributed by atoms with E-state index in [9.17, 15) is 9.59 Å². The Balaban J connectivity index is 1.34. The fraction of sp³-hybridized carbons (Fsp3) is 0.208. The maximum atomic E-state index is 12.7.